The smallest absolute Gasteiger partial charge is 0.333 e. The number of carbonyl (C=O) groups excluding carboxylic acids is 1. The lowest BCUT2D eigenvalue weighted by molar-refractivity contribution is -0.900. The first kappa shape index (κ1) is 51.2. The lowest BCUT2D eigenvalue weighted by Gasteiger charge is -2.20. The topological polar surface area (TPSA) is 87.9 Å². The highest BCUT2D eigenvalue weighted by molar-refractivity contribution is 7.85. The molecule has 0 aromatic carbocycles. The number of nitrogens with one attached hydrogen (secondary N) is 1. The molecule has 0 unspecified atom stereocenters. The SMILES string of the molecule is C=C(C)C(=O)OCCCS(=O)(=O)[O-].CCCCCCCCCCCC[NH+](CCCCCCCCCCCC)CCCCCCCCCCCC. The van der Waals surface area contributed by atoms with Crippen molar-refractivity contribution in [3.05, 3.63) is 12.2 Å². The van der Waals surface area contributed by atoms with Gasteiger partial charge >= 0.3 is 5.97 Å². The molecule has 0 saturated heterocycles. The van der Waals surface area contributed by atoms with Crippen LogP contribution in [0.1, 0.15) is 227 Å². The number of hydrogen-bond acceptors (Lipinski definition) is 5. The molecular weight excluding hydrogens is 643 g/mol. The molecule has 0 saturated carbocycles. The molecule has 6 nitrogen and oxygen atoms in total. The van der Waals surface area contributed by atoms with Gasteiger partial charge in [-0.2, -0.15) is 0 Å². The first-order valence-corrected chi connectivity index (χ1v) is 23.3. The second-order valence-corrected chi connectivity index (χ2v) is 16.6. The molecule has 0 bridgehead atoms. The van der Waals surface area contributed by atoms with Crippen molar-refractivity contribution < 1.29 is 27.4 Å². The van der Waals surface area contributed by atoms with Gasteiger partial charge < -0.3 is 14.2 Å². The zero-order valence-corrected chi connectivity index (χ0v) is 34.9. The van der Waals surface area contributed by atoms with Gasteiger partial charge in [-0.15, -0.1) is 0 Å². The van der Waals surface area contributed by atoms with Crippen LogP contribution in [0.4, 0.5) is 0 Å². The average Bonchev–Trinajstić information content (AvgIpc) is 3.08. The molecule has 0 spiro atoms. The van der Waals surface area contributed by atoms with E-state index in [0.29, 0.717) is 0 Å². The number of ether oxygens (including phenoxy) is 1. The van der Waals surface area contributed by atoms with Crippen LogP contribution in [0.5, 0.6) is 0 Å². The van der Waals surface area contributed by atoms with Crippen LogP contribution in [0.15, 0.2) is 12.2 Å². The lowest BCUT2D eigenvalue weighted by atomic mass is 10.1. The second-order valence-electron chi connectivity index (χ2n) is 15.1. The molecule has 0 fully saturated rings. The van der Waals surface area contributed by atoms with Gasteiger partial charge in [0, 0.05) is 11.3 Å². The van der Waals surface area contributed by atoms with Gasteiger partial charge in [0.1, 0.15) is 0 Å². The van der Waals surface area contributed by atoms with E-state index < -0.39 is 21.8 Å². The van der Waals surface area contributed by atoms with E-state index in [-0.39, 0.29) is 18.6 Å². The fourth-order valence-corrected chi connectivity index (χ4v) is 6.96. The standard InChI is InChI=1S/C36H75N.C7H12O5S/c1-4-7-10-13-16-19-22-25-28-31-34-37(35-32-29-26-23-20-17-14-11-8-5-2)36-33-30-27-24-21-18-15-12-9-6-3;1-6(2)7(8)12-4-3-5-13(9,10)11/h4-36H2,1-3H3;1,3-5H2,2H3,(H,9,10,11). The van der Waals surface area contributed by atoms with Crippen LogP contribution in [0.2, 0.25) is 0 Å². The number of carbonyl (C=O) groups is 1. The molecule has 0 amide bonds. The van der Waals surface area contributed by atoms with Crippen molar-refractivity contribution in [2.45, 2.75) is 227 Å². The molecule has 7 heteroatoms. The Kier molecular flexibility index (Phi) is 41.8. The summed E-state index contributed by atoms with van der Waals surface area (Å²) in [6.45, 7) is 16.0. The third kappa shape index (κ3) is 45.1. The summed E-state index contributed by atoms with van der Waals surface area (Å²) >= 11 is 0. The number of hydrogen-bond donors (Lipinski definition) is 1. The van der Waals surface area contributed by atoms with Crippen LogP contribution in [0.25, 0.3) is 0 Å². The minimum absolute atomic E-state index is 0.0187. The Labute approximate surface area is 313 Å². The molecule has 1 N–H and O–H groups in total. The molecular formula is C43H87NO5S. The van der Waals surface area contributed by atoms with E-state index in [9.17, 15) is 17.8 Å². The van der Waals surface area contributed by atoms with E-state index in [1.807, 2.05) is 4.90 Å². The van der Waals surface area contributed by atoms with Gasteiger partial charge in [-0.3, -0.25) is 0 Å². The fourth-order valence-electron chi connectivity index (χ4n) is 6.49. The van der Waals surface area contributed by atoms with Crippen LogP contribution in [-0.2, 0) is 19.6 Å². The zero-order valence-electron chi connectivity index (χ0n) is 34.1. The molecule has 0 rings (SSSR count). The van der Waals surface area contributed by atoms with E-state index in [0.717, 1.165) is 0 Å². The minimum Gasteiger partial charge on any atom is -0.748 e. The monoisotopic (exact) mass is 730 g/mol. The van der Waals surface area contributed by atoms with Crippen LogP contribution in [0, 0.1) is 0 Å². The summed E-state index contributed by atoms with van der Waals surface area (Å²) in [5.41, 5.74) is 0.241. The Hall–Kier alpha value is -0.920. The summed E-state index contributed by atoms with van der Waals surface area (Å²) in [6.07, 6.45) is 43.9. The predicted octanol–water partition coefficient (Wildman–Crippen LogP) is 11.7. The van der Waals surface area contributed by atoms with Crippen molar-refractivity contribution in [2.75, 3.05) is 32.0 Å². The van der Waals surface area contributed by atoms with Crippen molar-refractivity contribution in [1.29, 1.82) is 0 Å². The number of quaternary nitrogens is 1. The first-order chi connectivity index (χ1) is 24.2. The maximum Gasteiger partial charge on any atom is 0.333 e. The molecule has 300 valence electrons. The highest BCUT2D eigenvalue weighted by Crippen LogP contribution is 2.12. The summed E-state index contributed by atoms with van der Waals surface area (Å²) in [6, 6.07) is 0. The molecule has 0 aliphatic carbocycles. The molecule has 50 heavy (non-hydrogen) atoms. The summed E-state index contributed by atoms with van der Waals surface area (Å²) in [5.74, 6) is -1.10. The normalized spacial score (nSPS) is 11.5. The maximum absolute atomic E-state index is 10.7. The molecule has 0 radical (unpaired) electrons. The van der Waals surface area contributed by atoms with Gasteiger partial charge in [-0.1, -0.05) is 181 Å². The minimum atomic E-state index is -4.21. The Morgan fingerprint density at radius 3 is 1.00 bits per heavy atom. The Balaban J connectivity index is 0. The van der Waals surface area contributed by atoms with E-state index in [2.05, 4.69) is 32.1 Å². The van der Waals surface area contributed by atoms with Gasteiger partial charge in [0.2, 0.25) is 0 Å². The third-order valence-electron chi connectivity index (χ3n) is 9.77. The van der Waals surface area contributed by atoms with E-state index in [1.165, 1.54) is 219 Å². The third-order valence-corrected chi connectivity index (χ3v) is 10.6. The first-order valence-electron chi connectivity index (χ1n) is 21.8. The van der Waals surface area contributed by atoms with Crippen molar-refractivity contribution in [3.8, 4) is 0 Å². The number of unbranched alkanes of at least 4 members (excludes halogenated alkanes) is 27. The Morgan fingerprint density at radius 2 is 0.760 bits per heavy atom. The molecule has 0 atom stereocenters. The van der Waals surface area contributed by atoms with Gasteiger partial charge in [0.05, 0.1) is 36.4 Å². The predicted molar refractivity (Wildman–Crippen MR) is 216 cm³/mol. The van der Waals surface area contributed by atoms with Crippen molar-refractivity contribution in [2.24, 2.45) is 0 Å². The van der Waals surface area contributed by atoms with Gasteiger partial charge in [-0.05, 0) is 51.9 Å². The summed E-state index contributed by atoms with van der Waals surface area (Å²) in [7, 11) is -4.21. The molecule has 0 heterocycles. The lowest BCUT2D eigenvalue weighted by Crippen LogP contribution is -3.12. The summed E-state index contributed by atoms with van der Waals surface area (Å²) in [4.78, 5) is 12.7. The number of esters is 1. The van der Waals surface area contributed by atoms with Crippen molar-refractivity contribution in [3.63, 3.8) is 0 Å². The van der Waals surface area contributed by atoms with Crippen LogP contribution < -0.4 is 4.90 Å². The largest absolute Gasteiger partial charge is 0.748 e. The van der Waals surface area contributed by atoms with Gasteiger partial charge in [0.25, 0.3) is 0 Å². The molecule has 0 aliphatic rings. The fraction of sp³-hybridized carbons (Fsp3) is 0.930. The number of rotatable bonds is 38. The van der Waals surface area contributed by atoms with Gasteiger partial charge in [-0.25, -0.2) is 13.2 Å². The summed E-state index contributed by atoms with van der Waals surface area (Å²) < 4.78 is 34.8. The van der Waals surface area contributed by atoms with E-state index in [4.69, 9.17) is 0 Å². The van der Waals surface area contributed by atoms with Crippen LogP contribution >= 0.6 is 0 Å². The van der Waals surface area contributed by atoms with Crippen molar-refractivity contribution in [1.82, 2.24) is 0 Å². The quantitative estimate of drug-likeness (QED) is 0.0296. The molecule has 0 aliphatic heterocycles. The average molecular weight is 730 g/mol. The molecule has 0 aromatic rings. The molecule has 0 aromatic heterocycles. The van der Waals surface area contributed by atoms with Crippen LogP contribution in [0.3, 0.4) is 0 Å². The van der Waals surface area contributed by atoms with E-state index in [1.54, 1.807) is 0 Å². The van der Waals surface area contributed by atoms with E-state index >= 15 is 0 Å². The summed E-state index contributed by atoms with van der Waals surface area (Å²) in [5, 5.41) is 0. The Bertz CT molecular complexity index is 759. The highest BCUT2D eigenvalue weighted by Gasteiger charge is 2.08. The van der Waals surface area contributed by atoms with Crippen molar-refractivity contribution >= 4 is 16.1 Å². The highest BCUT2D eigenvalue weighted by atomic mass is 32.2. The zero-order chi connectivity index (χ0) is 37.4. The van der Waals surface area contributed by atoms with Crippen LogP contribution in [-0.4, -0.2) is 50.9 Å². The Morgan fingerprint density at radius 1 is 0.500 bits per heavy atom. The maximum atomic E-state index is 10.7. The second kappa shape index (κ2) is 40.8. The van der Waals surface area contributed by atoms with Gasteiger partial charge in [0.15, 0.2) is 0 Å².